The summed E-state index contributed by atoms with van der Waals surface area (Å²) in [4.78, 5) is 34.4. The summed E-state index contributed by atoms with van der Waals surface area (Å²) in [6.45, 7) is 3.76. The van der Waals surface area contributed by atoms with E-state index in [0.717, 1.165) is 0 Å². The second-order valence-electron chi connectivity index (χ2n) is 5.75. The second kappa shape index (κ2) is 6.84. The first kappa shape index (κ1) is 16.8. The third kappa shape index (κ3) is 3.57. The van der Waals surface area contributed by atoms with Gasteiger partial charge in [-0.1, -0.05) is 6.92 Å². The summed E-state index contributed by atoms with van der Waals surface area (Å²) in [5.41, 5.74) is 0.867. The molecule has 0 saturated carbocycles. The topological polar surface area (TPSA) is 83.4 Å². The first-order valence-electron chi connectivity index (χ1n) is 7.99. The van der Waals surface area contributed by atoms with Gasteiger partial charge in [0.25, 0.3) is 11.3 Å². The van der Waals surface area contributed by atoms with Crippen LogP contribution >= 0.6 is 0 Å². The third-order valence-corrected chi connectivity index (χ3v) is 3.72. The Morgan fingerprint density at radius 1 is 1.28 bits per heavy atom. The van der Waals surface area contributed by atoms with Crippen LogP contribution in [0.15, 0.2) is 35.1 Å². The Bertz CT molecular complexity index is 961. The van der Waals surface area contributed by atoms with E-state index < -0.39 is 0 Å². The molecule has 0 spiro atoms. The molecule has 0 atom stereocenters. The number of hydrogen-bond acceptors (Lipinski definition) is 4. The number of aromatic amines is 1. The van der Waals surface area contributed by atoms with Crippen LogP contribution in [0.25, 0.3) is 5.78 Å². The predicted octanol–water partition coefficient (Wildman–Crippen LogP) is 2.20. The maximum Gasteiger partial charge on any atom is 0.274 e. The number of rotatable bonds is 5. The highest BCUT2D eigenvalue weighted by molar-refractivity contribution is 5.93. The van der Waals surface area contributed by atoms with Crippen LogP contribution in [-0.2, 0) is 11.3 Å². The lowest BCUT2D eigenvalue weighted by Crippen LogP contribution is -2.30. The van der Waals surface area contributed by atoms with Crippen molar-refractivity contribution in [1.29, 1.82) is 0 Å². The Morgan fingerprint density at radius 2 is 2.00 bits per heavy atom. The number of halogens is 1. The van der Waals surface area contributed by atoms with Crippen molar-refractivity contribution < 1.29 is 9.18 Å². The SMILES string of the molecule is CCCC(=O)N(Cc1nc2nc(C)cc(=O)n2[nH]1)c1ccc(F)cc1. The van der Waals surface area contributed by atoms with Crippen molar-refractivity contribution in [3.63, 3.8) is 0 Å². The fraction of sp³-hybridized carbons (Fsp3) is 0.294. The van der Waals surface area contributed by atoms with E-state index in [1.165, 1.54) is 27.6 Å². The average molecular weight is 343 g/mol. The molecule has 0 aliphatic carbocycles. The molecule has 8 heteroatoms. The van der Waals surface area contributed by atoms with Gasteiger partial charge in [0, 0.05) is 23.9 Å². The van der Waals surface area contributed by atoms with Crippen molar-refractivity contribution >= 4 is 17.4 Å². The molecule has 0 fully saturated rings. The number of aryl methyl sites for hydroxylation is 1. The van der Waals surface area contributed by atoms with E-state index in [1.54, 1.807) is 19.1 Å². The van der Waals surface area contributed by atoms with Crippen LogP contribution in [0.2, 0.25) is 0 Å². The number of nitrogens with zero attached hydrogens (tertiary/aromatic N) is 4. The Balaban J connectivity index is 1.97. The van der Waals surface area contributed by atoms with E-state index in [-0.39, 0.29) is 29.6 Å². The predicted molar refractivity (Wildman–Crippen MR) is 90.8 cm³/mol. The van der Waals surface area contributed by atoms with E-state index in [0.29, 0.717) is 30.0 Å². The van der Waals surface area contributed by atoms with Crippen molar-refractivity contribution in [2.75, 3.05) is 4.90 Å². The van der Waals surface area contributed by atoms with Crippen LogP contribution in [0.3, 0.4) is 0 Å². The minimum atomic E-state index is -0.374. The van der Waals surface area contributed by atoms with E-state index in [4.69, 9.17) is 0 Å². The zero-order chi connectivity index (χ0) is 18.0. The Morgan fingerprint density at radius 3 is 2.68 bits per heavy atom. The van der Waals surface area contributed by atoms with Crippen LogP contribution in [0.1, 0.15) is 31.3 Å². The molecular weight excluding hydrogens is 325 g/mol. The lowest BCUT2D eigenvalue weighted by atomic mass is 10.2. The number of nitrogens with one attached hydrogen (secondary N) is 1. The lowest BCUT2D eigenvalue weighted by Gasteiger charge is -2.21. The molecule has 1 amide bonds. The molecule has 1 N–H and O–H groups in total. The number of aromatic nitrogens is 4. The maximum absolute atomic E-state index is 13.2. The summed E-state index contributed by atoms with van der Waals surface area (Å²) < 4.78 is 14.4. The average Bonchev–Trinajstić information content (AvgIpc) is 2.97. The molecule has 2 aromatic heterocycles. The molecule has 1 aromatic carbocycles. The van der Waals surface area contributed by atoms with Crippen molar-refractivity contribution in [1.82, 2.24) is 19.6 Å². The highest BCUT2D eigenvalue weighted by Gasteiger charge is 2.18. The summed E-state index contributed by atoms with van der Waals surface area (Å²) >= 11 is 0. The van der Waals surface area contributed by atoms with Gasteiger partial charge in [0.05, 0.1) is 6.54 Å². The molecule has 25 heavy (non-hydrogen) atoms. The molecule has 0 saturated heterocycles. The normalized spacial score (nSPS) is 11.0. The van der Waals surface area contributed by atoms with Crippen LogP contribution in [0, 0.1) is 12.7 Å². The van der Waals surface area contributed by atoms with Gasteiger partial charge in [-0.15, -0.1) is 0 Å². The Hall–Kier alpha value is -3.03. The summed E-state index contributed by atoms with van der Waals surface area (Å²) in [5, 5.41) is 2.86. The van der Waals surface area contributed by atoms with Gasteiger partial charge in [-0.05, 0) is 37.6 Å². The Labute approximate surface area is 143 Å². The van der Waals surface area contributed by atoms with Crippen molar-refractivity contribution in [2.24, 2.45) is 0 Å². The van der Waals surface area contributed by atoms with Gasteiger partial charge in [-0.3, -0.25) is 14.7 Å². The van der Waals surface area contributed by atoms with Gasteiger partial charge >= 0.3 is 0 Å². The van der Waals surface area contributed by atoms with Crippen LogP contribution < -0.4 is 10.5 Å². The van der Waals surface area contributed by atoms with Gasteiger partial charge in [0.1, 0.15) is 11.6 Å². The van der Waals surface area contributed by atoms with E-state index in [1.807, 2.05) is 6.92 Å². The standard InChI is InChI=1S/C17H18FN5O2/c1-3-4-15(24)22(13-7-5-12(18)6-8-13)10-14-20-17-19-11(2)9-16(25)23(17)21-14/h5-9H,3-4,10H2,1-2H3,(H,19,20,21). The summed E-state index contributed by atoms with van der Waals surface area (Å²) in [5.74, 6) is 0.193. The van der Waals surface area contributed by atoms with Gasteiger partial charge in [0.15, 0.2) is 0 Å². The van der Waals surface area contributed by atoms with Crippen molar-refractivity contribution in [3.8, 4) is 0 Å². The number of hydrogen-bond donors (Lipinski definition) is 1. The van der Waals surface area contributed by atoms with Crippen LogP contribution in [0.5, 0.6) is 0 Å². The van der Waals surface area contributed by atoms with Crippen molar-refractivity contribution in [3.05, 3.63) is 58.0 Å². The molecule has 7 nitrogen and oxygen atoms in total. The fourth-order valence-corrected chi connectivity index (χ4v) is 2.55. The molecule has 0 aliphatic rings. The number of fused-ring (bicyclic) bond motifs is 1. The molecule has 3 rings (SSSR count). The van der Waals surface area contributed by atoms with Gasteiger partial charge in [-0.25, -0.2) is 9.37 Å². The largest absolute Gasteiger partial charge is 0.305 e. The minimum absolute atomic E-state index is 0.106. The fourth-order valence-electron chi connectivity index (χ4n) is 2.55. The molecular formula is C17H18FN5O2. The molecule has 0 radical (unpaired) electrons. The molecule has 3 aromatic rings. The Kier molecular flexibility index (Phi) is 4.60. The first-order valence-corrected chi connectivity index (χ1v) is 7.99. The zero-order valence-electron chi connectivity index (χ0n) is 14.0. The van der Waals surface area contributed by atoms with E-state index >= 15 is 0 Å². The zero-order valence-corrected chi connectivity index (χ0v) is 14.0. The molecule has 0 bridgehead atoms. The van der Waals surface area contributed by atoms with E-state index in [9.17, 15) is 14.0 Å². The summed E-state index contributed by atoms with van der Waals surface area (Å²) in [6, 6.07) is 7.08. The lowest BCUT2D eigenvalue weighted by molar-refractivity contribution is -0.118. The number of H-pyrrole nitrogens is 1. The van der Waals surface area contributed by atoms with Gasteiger partial charge < -0.3 is 4.90 Å². The van der Waals surface area contributed by atoms with Crippen LogP contribution in [0.4, 0.5) is 10.1 Å². The molecule has 0 aliphatic heterocycles. The van der Waals surface area contributed by atoms with Crippen LogP contribution in [-0.4, -0.2) is 25.5 Å². The maximum atomic E-state index is 13.2. The first-order chi connectivity index (χ1) is 12.0. The third-order valence-electron chi connectivity index (χ3n) is 3.72. The van der Waals surface area contributed by atoms with Gasteiger partial charge in [-0.2, -0.15) is 9.50 Å². The van der Waals surface area contributed by atoms with Crippen molar-refractivity contribution in [2.45, 2.75) is 33.2 Å². The molecule has 130 valence electrons. The second-order valence-corrected chi connectivity index (χ2v) is 5.75. The highest BCUT2D eigenvalue weighted by Crippen LogP contribution is 2.18. The summed E-state index contributed by atoms with van der Waals surface area (Å²) in [7, 11) is 0. The number of carbonyl (C=O) groups excluding carboxylic acids is 1. The highest BCUT2D eigenvalue weighted by atomic mass is 19.1. The number of anilines is 1. The number of carbonyl (C=O) groups is 1. The van der Waals surface area contributed by atoms with Gasteiger partial charge in [0.2, 0.25) is 5.91 Å². The quantitative estimate of drug-likeness (QED) is 0.770. The number of benzene rings is 1. The molecule has 0 unspecified atom stereocenters. The number of amides is 1. The molecule has 2 heterocycles. The van der Waals surface area contributed by atoms with E-state index in [2.05, 4.69) is 15.1 Å². The summed E-state index contributed by atoms with van der Waals surface area (Å²) in [6.07, 6.45) is 1.05. The monoisotopic (exact) mass is 343 g/mol. The smallest absolute Gasteiger partial charge is 0.274 e. The minimum Gasteiger partial charge on any atom is -0.305 e.